The lowest BCUT2D eigenvalue weighted by Crippen LogP contribution is -2.42. The number of amides is 2. The molecular weight excluding hydrogens is 332 g/mol. The SMILES string of the molecule is C[C@]1(NC(=O)OCc2ccccc2)C[C@H]1NC(=O)OCc1ccccc1. The molecule has 0 saturated heterocycles. The number of carbonyl (C=O) groups is 2. The lowest BCUT2D eigenvalue weighted by atomic mass is 10.2. The highest BCUT2D eigenvalue weighted by Crippen LogP contribution is 2.35. The molecular formula is C20H22N2O4. The van der Waals surface area contributed by atoms with Crippen molar-refractivity contribution in [1.82, 2.24) is 10.6 Å². The predicted molar refractivity (Wildman–Crippen MR) is 96.3 cm³/mol. The first kappa shape index (κ1) is 17.8. The number of hydrogen-bond donors (Lipinski definition) is 2. The second-order valence-corrected chi connectivity index (χ2v) is 6.57. The van der Waals surface area contributed by atoms with Gasteiger partial charge in [0, 0.05) is 0 Å². The smallest absolute Gasteiger partial charge is 0.407 e. The molecule has 1 saturated carbocycles. The standard InChI is InChI=1S/C20H22N2O4/c1-20(22-19(24)26-14-16-10-6-3-7-11-16)12-17(20)21-18(23)25-13-15-8-4-2-5-9-15/h2-11,17H,12-14H2,1H3,(H,21,23)(H,22,24)/t17-,20+/m1/s1. The molecule has 1 fully saturated rings. The first-order chi connectivity index (χ1) is 12.5. The zero-order valence-corrected chi connectivity index (χ0v) is 14.6. The Morgan fingerprint density at radius 1 is 0.923 bits per heavy atom. The maximum absolute atomic E-state index is 11.9. The van der Waals surface area contributed by atoms with Gasteiger partial charge in [-0.05, 0) is 24.5 Å². The van der Waals surface area contributed by atoms with Gasteiger partial charge in [0.15, 0.2) is 0 Å². The molecule has 0 aliphatic heterocycles. The molecule has 2 aromatic carbocycles. The van der Waals surface area contributed by atoms with E-state index in [0.29, 0.717) is 6.42 Å². The first-order valence-corrected chi connectivity index (χ1v) is 8.51. The third kappa shape index (κ3) is 4.99. The molecule has 2 atom stereocenters. The maximum atomic E-state index is 11.9. The van der Waals surface area contributed by atoms with Gasteiger partial charge in [-0.25, -0.2) is 9.59 Å². The van der Waals surface area contributed by atoms with E-state index < -0.39 is 17.7 Å². The molecule has 2 aromatic rings. The van der Waals surface area contributed by atoms with Crippen molar-refractivity contribution >= 4 is 12.2 Å². The van der Waals surface area contributed by atoms with Crippen molar-refractivity contribution in [2.75, 3.05) is 0 Å². The van der Waals surface area contributed by atoms with Crippen LogP contribution in [0.15, 0.2) is 60.7 Å². The minimum absolute atomic E-state index is 0.171. The van der Waals surface area contributed by atoms with Crippen LogP contribution in [0.1, 0.15) is 24.5 Å². The van der Waals surface area contributed by atoms with Crippen molar-refractivity contribution in [3.63, 3.8) is 0 Å². The Labute approximate surface area is 152 Å². The highest BCUT2D eigenvalue weighted by Gasteiger charge is 2.53. The Balaban J connectivity index is 1.37. The molecule has 2 amide bonds. The predicted octanol–water partition coefficient (Wildman–Crippen LogP) is 3.37. The molecule has 0 spiro atoms. The summed E-state index contributed by atoms with van der Waals surface area (Å²) in [6.07, 6.45) is -0.367. The molecule has 3 rings (SSSR count). The van der Waals surface area contributed by atoms with Crippen molar-refractivity contribution in [2.24, 2.45) is 0 Å². The van der Waals surface area contributed by atoms with Crippen LogP contribution in [0, 0.1) is 0 Å². The Morgan fingerprint density at radius 2 is 1.42 bits per heavy atom. The molecule has 2 N–H and O–H groups in total. The third-order valence-corrected chi connectivity index (χ3v) is 4.34. The number of ether oxygens (including phenoxy) is 2. The van der Waals surface area contributed by atoms with E-state index in [9.17, 15) is 9.59 Å². The molecule has 1 aliphatic carbocycles. The fourth-order valence-electron chi connectivity index (χ4n) is 2.61. The topological polar surface area (TPSA) is 76.7 Å². The normalized spacial score (nSPS) is 20.7. The molecule has 6 nitrogen and oxygen atoms in total. The van der Waals surface area contributed by atoms with E-state index >= 15 is 0 Å². The highest BCUT2D eigenvalue weighted by atomic mass is 16.6. The van der Waals surface area contributed by atoms with E-state index in [1.165, 1.54) is 0 Å². The first-order valence-electron chi connectivity index (χ1n) is 8.51. The van der Waals surface area contributed by atoms with Crippen molar-refractivity contribution in [3.8, 4) is 0 Å². The van der Waals surface area contributed by atoms with Crippen LogP contribution in [0.3, 0.4) is 0 Å². The summed E-state index contributed by atoms with van der Waals surface area (Å²) in [6, 6.07) is 18.7. The van der Waals surface area contributed by atoms with E-state index in [4.69, 9.17) is 9.47 Å². The number of benzene rings is 2. The third-order valence-electron chi connectivity index (χ3n) is 4.34. The summed E-state index contributed by atoms with van der Waals surface area (Å²) >= 11 is 0. The van der Waals surface area contributed by atoms with Gasteiger partial charge in [0.2, 0.25) is 0 Å². The fraction of sp³-hybridized carbons (Fsp3) is 0.300. The summed E-state index contributed by atoms with van der Waals surface area (Å²) in [7, 11) is 0. The number of alkyl carbamates (subject to hydrolysis) is 2. The second-order valence-electron chi connectivity index (χ2n) is 6.57. The average molecular weight is 354 g/mol. The molecule has 0 bridgehead atoms. The van der Waals surface area contributed by atoms with E-state index in [-0.39, 0.29) is 19.3 Å². The number of rotatable bonds is 6. The van der Waals surface area contributed by atoms with Gasteiger partial charge in [-0.2, -0.15) is 0 Å². The largest absolute Gasteiger partial charge is 0.445 e. The summed E-state index contributed by atoms with van der Waals surface area (Å²) in [5.74, 6) is 0. The van der Waals surface area contributed by atoms with Crippen LogP contribution in [0.2, 0.25) is 0 Å². The zero-order chi connectivity index (χ0) is 18.4. The summed E-state index contributed by atoms with van der Waals surface area (Å²) in [5, 5.41) is 5.56. The minimum Gasteiger partial charge on any atom is -0.445 e. The van der Waals surface area contributed by atoms with Gasteiger partial charge >= 0.3 is 12.2 Å². The Kier molecular flexibility index (Phi) is 5.41. The Hall–Kier alpha value is -3.02. The van der Waals surface area contributed by atoms with Gasteiger partial charge in [0.05, 0.1) is 11.6 Å². The van der Waals surface area contributed by atoms with Crippen LogP contribution >= 0.6 is 0 Å². The monoisotopic (exact) mass is 354 g/mol. The summed E-state index contributed by atoms with van der Waals surface area (Å²) in [5.41, 5.74) is 1.33. The number of carbonyl (C=O) groups excluding carboxylic acids is 2. The Bertz CT molecular complexity index is 751. The molecule has 1 aliphatic rings. The lowest BCUT2D eigenvalue weighted by Gasteiger charge is -2.15. The van der Waals surface area contributed by atoms with Gasteiger partial charge < -0.3 is 20.1 Å². The highest BCUT2D eigenvalue weighted by molar-refractivity contribution is 5.71. The quantitative estimate of drug-likeness (QED) is 0.834. The Morgan fingerprint density at radius 3 is 1.96 bits per heavy atom. The van der Waals surface area contributed by atoms with Gasteiger partial charge in [0.1, 0.15) is 13.2 Å². The van der Waals surface area contributed by atoms with Crippen LogP contribution in [0.5, 0.6) is 0 Å². The van der Waals surface area contributed by atoms with Crippen LogP contribution < -0.4 is 10.6 Å². The van der Waals surface area contributed by atoms with Crippen molar-refractivity contribution < 1.29 is 19.1 Å². The molecule has 0 heterocycles. The van der Waals surface area contributed by atoms with E-state index in [1.54, 1.807) is 0 Å². The van der Waals surface area contributed by atoms with E-state index in [2.05, 4.69) is 10.6 Å². The van der Waals surface area contributed by atoms with Gasteiger partial charge in [-0.3, -0.25) is 0 Å². The van der Waals surface area contributed by atoms with Crippen molar-refractivity contribution in [1.29, 1.82) is 0 Å². The molecule has 0 radical (unpaired) electrons. The van der Waals surface area contributed by atoms with Crippen LogP contribution in [0.25, 0.3) is 0 Å². The average Bonchev–Trinajstić information content (AvgIpc) is 3.28. The molecule has 136 valence electrons. The van der Waals surface area contributed by atoms with Gasteiger partial charge in [0.25, 0.3) is 0 Å². The van der Waals surface area contributed by atoms with Gasteiger partial charge in [-0.15, -0.1) is 0 Å². The number of hydrogen-bond acceptors (Lipinski definition) is 4. The van der Waals surface area contributed by atoms with E-state index in [1.807, 2.05) is 67.6 Å². The summed E-state index contributed by atoms with van der Waals surface area (Å²) in [4.78, 5) is 23.8. The molecule has 0 aromatic heterocycles. The van der Waals surface area contributed by atoms with Crippen molar-refractivity contribution in [2.45, 2.75) is 38.1 Å². The van der Waals surface area contributed by atoms with Crippen LogP contribution in [-0.4, -0.2) is 23.8 Å². The maximum Gasteiger partial charge on any atom is 0.407 e. The van der Waals surface area contributed by atoms with Crippen LogP contribution in [0.4, 0.5) is 9.59 Å². The molecule has 6 heteroatoms. The van der Waals surface area contributed by atoms with Gasteiger partial charge in [-0.1, -0.05) is 60.7 Å². The number of nitrogens with one attached hydrogen (secondary N) is 2. The van der Waals surface area contributed by atoms with Crippen LogP contribution in [-0.2, 0) is 22.7 Å². The second kappa shape index (κ2) is 7.91. The lowest BCUT2D eigenvalue weighted by molar-refractivity contribution is 0.130. The zero-order valence-electron chi connectivity index (χ0n) is 14.6. The van der Waals surface area contributed by atoms with Crippen molar-refractivity contribution in [3.05, 3.63) is 71.8 Å². The summed E-state index contributed by atoms with van der Waals surface area (Å²) in [6.45, 7) is 2.28. The summed E-state index contributed by atoms with van der Waals surface area (Å²) < 4.78 is 10.4. The minimum atomic E-state index is -0.514. The molecule has 0 unspecified atom stereocenters. The van der Waals surface area contributed by atoms with E-state index in [0.717, 1.165) is 11.1 Å². The fourth-order valence-corrected chi connectivity index (χ4v) is 2.61. The molecule has 26 heavy (non-hydrogen) atoms.